The molecule has 0 saturated heterocycles. The molecule has 0 aliphatic carbocycles. The quantitative estimate of drug-likeness (QED) is 0.851. The first-order valence-electron chi connectivity index (χ1n) is 6.74. The molecule has 0 fully saturated rings. The fourth-order valence-electron chi connectivity index (χ4n) is 2.33. The van der Waals surface area contributed by atoms with Crippen LogP contribution in [0.1, 0.15) is 22.9 Å². The van der Waals surface area contributed by atoms with E-state index < -0.39 is 11.9 Å². The van der Waals surface area contributed by atoms with Gasteiger partial charge in [0, 0.05) is 25.7 Å². The number of aliphatic hydroxyl groups excluding tert-OH is 1. The number of aryl methyl sites for hydroxylation is 2. The molecule has 0 radical (unpaired) electrons. The van der Waals surface area contributed by atoms with E-state index >= 15 is 0 Å². The van der Waals surface area contributed by atoms with E-state index in [9.17, 15) is 9.50 Å². The molecule has 1 heterocycles. The van der Waals surface area contributed by atoms with Crippen molar-refractivity contribution in [3.63, 3.8) is 0 Å². The second kappa shape index (κ2) is 6.69. The van der Waals surface area contributed by atoms with Crippen molar-refractivity contribution in [3.8, 4) is 5.88 Å². The Morgan fingerprint density at radius 2 is 2.14 bits per heavy atom. The zero-order valence-corrected chi connectivity index (χ0v) is 12.4. The first-order valence-corrected chi connectivity index (χ1v) is 6.74. The lowest BCUT2D eigenvalue weighted by molar-refractivity contribution is 0.169. The van der Waals surface area contributed by atoms with Gasteiger partial charge in [-0.1, -0.05) is 18.2 Å². The maximum absolute atomic E-state index is 13.6. The monoisotopic (exact) mass is 293 g/mol. The molecule has 2 N–H and O–H groups in total. The highest BCUT2D eigenvalue weighted by Gasteiger charge is 2.15. The number of methoxy groups -OCH3 is 1. The van der Waals surface area contributed by atoms with Gasteiger partial charge >= 0.3 is 0 Å². The topological polar surface area (TPSA) is 59.3 Å². The molecule has 114 valence electrons. The van der Waals surface area contributed by atoms with E-state index in [4.69, 9.17) is 4.74 Å². The molecule has 0 unspecified atom stereocenters. The van der Waals surface area contributed by atoms with Crippen LogP contribution >= 0.6 is 0 Å². The smallest absolute Gasteiger partial charge is 0.216 e. The molecule has 0 spiro atoms. The van der Waals surface area contributed by atoms with Crippen LogP contribution in [0.4, 0.5) is 4.39 Å². The van der Waals surface area contributed by atoms with Crippen LogP contribution in [0, 0.1) is 12.7 Å². The second-order valence-corrected chi connectivity index (χ2v) is 4.87. The minimum atomic E-state index is -0.894. The Hall–Kier alpha value is -1.92. The number of aromatic nitrogens is 2. The van der Waals surface area contributed by atoms with Crippen molar-refractivity contribution in [2.45, 2.75) is 19.6 Å². The van der Waals surface area contributed by atoms with Gasteiger partial charge in [-0.15, -0.1) is 0 Å². The SMILES string of the molecule is COc1c(CNC[C@@H](O)c2ccccc2F)c(C)nn1C. The van der Waals surface area contributed by atoms with E-state index in [2.05, 4.69) is 10.4 Å². The van der Waals surface area contributed by atoms with Crippen LogP contribution in [0.3, 0.4) is 0 Å². The summed E-state index contributed by atoms with van der Waals surface area (Å²) in [7, 11) is 3.40. The molecule has 5 nitrogen and oxygen atoms in total. The van der Waals surface area contributed by atoms with E-state index in [1.807, 2.05) is 14.0 Å². The number of hydrogen-bond acceptors (Lipinski definition) is 4. The fraction of sp³-hybridized carbons (Fsp3) is 0.400. The first-order chi connectivity index (χ1) is 10.0. The van der Waals surface area contributed by atoms with Crippen LogP contribution < -0.4 is 10.1 Å². The Kier molecular flexibility index (Phi) is 4.93. The van der Waals surface area contributed by atoms with E-state index in [0.717, 1.165) is 11.3 Å². The number of halogens is 1. The van der Waals surface area contributed by atoms with Crippen LogP contribution in [0.2, 0.25) is 0 Å². The minimum Gasteiger partial charge on any atom is -0.481 e. The van der Waals surface area contributed by atoms with Gasteiger partial charge in [-0.05, 0) is 13.0 Å². The summed E-state index contributed by atoms with van der Waals surface area (Å²) in [6.07, 6.45) is -0.894. The lowest BCUT2D eigenvalue weighted by Gasteiger charge is -2.13. The molecular weight excluding hydrogens is 273 g/mol. The van der Waals surface area contributed by atoms with Gasteiger partial charge < -0.3 is 15.2 Å². The fourth-order valence-corrected chi connectivity index (χ4v) is 2.33. The van der Waals surface area contributed by atoms with Crippen molar-refractivity contribution in [1.29, 1.82) is 0 Å². The van der Waals surface area contributed by atoms with E-state index in [1.54, 1.807) is 30.0 Å². The van der Waals surface area contributed by atoms with Crippen LogP contribution in [-0.4, -0.2) is 28.5 Å². The summed E-state index contributed by atoms with van der Waals surface area (Å²) in [4.78, 5) is 0. The molecule has 0 aliphatic rings. The number of hydrogen-bond donors (Lipinski definition) is 2. The maximum atomic E-state index is 13.6. The molecule has 1 atom stereocenters. The lowest BCUT2D eigenvalue weighted by Crippen LogP contribution is -2.22. The van der Waals surface area contributed by atoms with E-state index in [0.29, 0.717) is 18.0 Å². The molecule has 0 bridgehead atoms. The van der Waals surface area contributed by atoms with Gasteiger partial charge in [0.15, 0.2) is 0 Å². The largest absolute Gasteiger partial charge is 0.481 e. The molecule has 1 aromatic carbocycles. The third kappa shape index (κ3) is 3.40. The van der Waals surface area contributed by atoms with Crippen molar-refractivity contribution >= 4 is 0 Å². The summed E-state index contributed by atoms with van der Waals surface area (Å²) in [6.45, 7) is 2.64. The second-order valence-electron chi connectivity index (χ2n) is 4.87. The Labute approximate surface area is 123 Å². The van der Waals surface area contributed by atoms with E-state index in [-0.39, 0.29) is 6.54 Å². The highest BCUT2D eigenvalue weighted by Crippen LogP contribution is 2.21. The van der Waals surface area contributed by atoms with Crippen molar-refractivity contribution in [1.82, 2.24) is 15.1 Å². The molecule has 2 aromatic rings. The van der Waals surface area contributed by atoms with Crippen LogP contribution in [0.25, 0.3) is 0 Å². The molecule has 2 rings (SSSR count). The lowest BCUT2D eigenvalue weighted by atomic mass is 10.1. The molecule has 21 heavy (non-hydrogen) atoms. The summed E-state index contributed by atoms with van der Waals surface area (Å²) in [5.74, 6) is 0.280. The Morgan fingerprint density at radius 1 is 1.43 bits per heavy atom. The van der Waals surface area contributed by atoms with Gasteiger partial charge in [0.05, 0.1) is 24.5 Å². The van der Waals surface area contributed by atoms with Crippen molar-refractivity contribution in [2.75, 3.05) is 13.7 Å². The zero-order valence-electron chi connectivity index (χ0n) is 12.4. The van der Waals surface area contributed by atoms with Gasteiger partial charge in [0.25, 0.3) is 0 Å². The van der Waals surface area contributed by atoms with Crippen LogP contribution in [-0.2, 0) is 13.6 Å². The molecular formula is C15H20FN3O2. The molecule has 0 amide bonds. The van der Waals surface area contributed by atoms with Crippen LogP contribution in [0.5, 0.6) is 5.88 Å². The Morgan fingerprint density at radius 3 is 2.81 bits per heavy atom. The molecule has 0 aliphatic heterocycles. The van der Waals surface area contributed by atoms with Gasteiger partial charge in [-0.3, -0.25) is 0 Å². The highest BCUT2D eigenvalue weighted by atomic mass is 19.1. The van der Waals surface area contributed by atoms with Crippen molar-refractivity contribution in [2.24, 2.45) is 7.05 Å². The van der Waals surface area contributed by atoms with Crippen LogP contribution in [0.15, 0.2) is 24.3 Å². The summed E-state index contributed by atoms with van der Waals surface area (Å²) in [6, 6.07) is 6.23. The average Bonchev–Trinajstić information content (AvgIpc) is 2.73. The maximum Gasteiger partial charge on any atom is 0.216 e. The number of aliphatic hydroxyl groups is 1. The zero-order chi connectivity index (χ0) is 15.4. The standard InChI is InChI=1S/C15H20FN3O2/c1-10-12(15(21-3)19(2)18-10)8-17-9-14(20)11-6-4-5-7-13(11)16/h4-7,14,17,20H,8-9H2,1-3H3/t14-/m1/s1. The summed E-state index contributed by atoms with van der Waals surface area (Å²) in [5.41, 5.74) is 2.09. The predicted octanol–water partition coefficient (Wildman–Crippen LogP) is 1.70. The summed E-state index contributed by atoms with van der Waals surface area (Å²) < 4.78 is 20.5. The number of nitrogens with zero attached hydrogens (tertiary/aromatic N) is 2. The third-order valence-corrected chi connectivity index (χ3v) is 3.39. The van der Waals surface area contributed by atoms with Crippen molar-refractivity contribution in [3.05, 3.63) is 46.9 Å². The van der Waals surface area contributed by atoms with Gasteiger partial charge in [0.1, 0.15) is 5.82 Å². The van der Waals surface area contributed by atoms with E-state index in [1.165, 1.54) is 6.07 Å². The highest BCUT2D eigenvalue weighted by molar-refractivity contribution is 5.30. The Bertz CT molecular complexity index is 613. The summed E-state index contributed by atoms with van der Waals surface area (Å²) in [5, 5.41) is 17.4. The number of benzene rings is 1. The minimum absolute atomic E-state index is 0.248. The normalized spacial score (nSPS) is 12.4. The number of rotatable bonds is 6. The first kappa shape index (κ1) is 15.5. The summed E-state index contributed by atoms with van der Waals surface area (Å²) >= 11 is 0. The van der Waals surface area contributed by atoms with Gasteiger partial charge in [-0.2, -0.15) is 5.10 Å². The predicted molar refractivity (Wildman–Crippen MR) is 77.6 cm³/mol. The van der Waals surface area contributed by atoms with Crippen molar-refractivity contribution < 1.29 is 14.2 Å². The van der Waals surface area contributed by atoms with Gasteiger partial charge in [-0.25, -0.2) is 9.07 Å². The third-order valence-electron chi connectivity index (χ3n) is 3.39. The van der Waals surface area contributed by atoms with Gasteiger partial charge in [0.2, 0.25) is 5.88 Å². The molecule has 0 saturated carbocycles. The number of nitrogens with one attached hydrogen (secondary N) is 1. The number of ether oxygens (including phenoxy) is 1. The Balaban J connectivity index is 1.97. The molecule has 6 heteroatoms. The molecule has 1 aromatic heterocycles. The average molecular weight is 293 g/mol.